The number of hydrogen-bond acceptors (Lipinski definition) is 10. The van der Waals surface area contributed by atoms with Gasteiger partial charge in [0.1, 0.15) is 24.4 Å². The summed E-state index contributed by atoms with van der Waals surface area (Å²) < 4.78 is 36.9. The lowest BCUT2D eigenvalue weighted by Crippen LogP contribution is -2.43. The Bertz CT molecular complexity index is 885. The Labute approximate surface area is 189 Å². The molecule has 0 aliphatic carbocycles. The summed E-state index contributed by atoms with van der Waals surface area (Å²) >= 11 is 0. The lowest BCUT2D eigenvalue weighted by atomic mass is 10.1. The van der Waals surface area contributed by atoms with E-state index in [1.54, 1.807) is 0 Å². The van der Waals surface area contributed by atoms with Gasteiger partial charge >= 0.3 is 11.8 Å². The smallest absolute Gasteiger partial charge is 0.412 e. The second-order valence-corrected chi connectivity index (χ2v) is 8.11. The molecule has 1 aromatic rings. The largest absolute Gasteiger partial charge is 0.449 e. The monoisotopic (exact) mass is 475 g/mol. The Kier molecular flexibility index (Phi) is 8.37. The summed E-state index contributed by atoms with van der Waals surface area (Å²) in [5.74, 6) is -1.66. The number of unbranched alkanes of at least 4 members (excludes halogenated alkanes) is 2. The number of amides is 1. The third kappa shape index (κ3) is 5.67. The molecular formula is C20H30FN3O9. The molecule has 1 aromatic heterocycles. The highest BCUT2D eigenvalue weighted by Crippen LogP contribution is 2.34. The number of anilines is 1. The molecule has 13 heteroatoms. The van der Waals surface area contributed by atoms with Crippen LogP contribution < -0.4 is 11.0 Å². The topological polar surface area (TPSA) is 162 Å². The highest BCUT2D eigenvalue weighted by atomic mass is 19.1. The van der Waals surface area contributed by atoms with E-state index in [0.717, 1.165) is 23.6 Å². The molecule has 1 amide bonds. The Balaban J connectivity index is 1.74. The van der Waals surface area contributed by atoms with Crippen LogP contribution in [0.25, 0.3) is 0 Å². The van der Waals surface area contributed by atoms with Crippen molar-refractivity contribution in [2.24, 2.45) is 0 Å². The van der Waals surface area contributed by atoms with Gasteiger partial charge in [-0.25, -0.2) is 14.0 Å². The number of aromatic nitrogens is 2. The van der Waals surface area contributed by atoms with Crippen molar-refractivity contribution in [3.05, 3.63) is 22.5 Å². The molecule has 2 aliphatic rings. The summed E-state index contributed by atoms with van der Waals surface area (Å²) in [6.45, 7) is 5.18. The standard InChI is InChI=1S/C20H30FN3O9/c1-4-5-6-7-30-20(29)23-16-11(21)8-24(19(28)22-16)17-15(13(26)10(3)31-17)33-18-14(27)12(25)9(2)32-18/h8-10,12-15,17-18,25-27H,4-7H2,1-3H3,(H,22,23,28,29)/t9-,10+,12-,13+,14-,15+,17?,18?/m0/s1. The maximum atomic E-state index is 14.6. The van der Waals surface area contributed by atoms with Crippen LogP contribution in [0.3, 0.4) is 0 Å². The minimum absolute atomic E-state index is 0.144. The van der Waals surface area contributed by atoms with Gasteiger partial charge in [-0.3, -0.25) is 9.88 Å². The number of ether oxygens (including phenoxy) is 4. The molecule has 3 rings (SSSR count). The Morgan fingerprint density at radius 1 is 1.18 bits per heavy atom. The zero-order valence-corrected chi connectivity index (χ0v) is 18.6. The quantitative estimate of drug-likeness (QED) is 0.384. The third-order valence-electron chi connectivity index (χ3n) is 5.59. The van der Waals surface area contributed by atoms with Crippen molar-refractivity contribution in [2.75, 3.05) is 11.9 Å². The van der Waals surface area contributed by atoms with Crippen molar-refractivity contribution in [1.29, 1.82) is 0 Å². The number of hydrogen-bond donors (Lipinski definition) is 4. The van der Waals surface area contributed by atoms with Crippen molar-refractivity contribution >= 4 is 11.9 Å². The van der Waals surface area contributed by atoms with Gasteiger partial charge in [0.05, 0.1) is 25.0 Å². The van der Waals surface area contributed by atoms with Crippen molar-refractivity contribution in [3.8, 4) is 0 Å². The lowest BCUT2D eigenvalue weighted by Gasteiger charge is -2.26. The average molecular weight is 475 g/mol. The van der Waals surface area contributed by atoms with Crippen LogP contribution in [-0.2, 0) is 18.9 Å². The van der Waals surface area contributed by atoms with Crippen molar-refractivity contribution in [2.45, 2.75) is 89.2 Å². The predicted molar refractivity (Wildman–Crippen MR) is 110 cm³/mol. The van der Waals surface area contributed by atoms with E-state index in [0.29, 0.717) is 6.42 Å². The fourth-order valence-corrected chi connectivity index (χ4v) is 3.63. The summed E-state index contributed by atoms with van der Waals surface area (Å²) in [4.78, 5) is 27.9. The Morgan fingerprint density at radius 3 is 2.52 bits per heavy atom. The van der Waals surface area contributed by atoms with Crippen LogP contribution in [0.15, 0.2) is 11.0 Å². The van der Waals surface area contributed by atoms with E-state index in [1.807, 2.05) is 6.92 Å². The first-order valence-corrected chi connectivity index (χ1v) is 10.9. The second-order valence-electron chi connectivity index (χ2n) is 8.11. The summed E-state index contributed by atoms with van der Waals surface area (Å²) in [6, 6.07) is 0. The summed E-state index contributed by atoms with van der Waals surface area (Å²) in [6.07, 6.45) is -7.01. The zero-order chi connectivity index (χ0) is 24.3. The van der Waals surface area contributed by atoms with E-state index in [4.69, 9.17) is 18.9 Å². The molecule has 2 unspecified atom stereocenters. The van der Waals surface area contributed by atoms with Crippen LogP contribution in [0, 0.1) is 5.82 Å². The molecule has 12 nitrogen and oxygen atoms in total. The maximum absolute atomic E-state index is 14.6. The molecule has 2 aliphatic heterocycles. The molecule has 2 saturated heterocycles. The first-order chi connectivity index (χ1) is 15.6. The minimum Gasteiger partial charge on any atom is -0.449 e. The summed E-state index contributed by atoms with van der Waals surface area (Å²) in [7, 11) is 0. The highest BCUT2D eigenvalue weighted by Gasteiger charge is 2.49. The van der Waals surface area contributed by atoms with E-state index in [1.165, 1.54) is 13.8 Å². The maximum Gasteiger partial charge on any atom is 0.412 e. The van der Waals surface area contributed by atoms with Crippen LogP contribution in [-0.4, -0.2) is 80.5 Å². The van der Waals surface area contributed by atoms with Gasteiger partial charge < -0.3 is 34.3 Å². The van der Waals surface area contributed by atoms with Crippen molar-refractivity contribution < 1.29 is 43.5 Å². The number of aliphatic hydroxyl groups excluding tert-OH is 3. The molecule has 0 bridgehead atoms. The zero-order valence-electron chi connectivity index (χ0n) is 18.6. The van der Waals surface area contributed by atoms with Gasteiger partial charge in [-0.05, 0) is 20.3 Å². The van der Waals surface area contributed by atoms with Gasteiger partial charge in [0, 0.05) is 0 Å². The van der Waals surface area contributed by atoms with Crippen LogP contribution in [0.5, 0.6) is 0 Å². The SMILES string of the molecule is CCCCCOC(=O)Nc1nc(=O)n(C2O[C@H](C)[C@@H](O)[C@H]2OC2O[C@@H](C)[C@H](O)[C@@H]2O)cc1F. The van der Waals surface area contributed by atoms with Crippen LogP contribution in [0.1, 0.15) is 46.3 Å². The van der Waals surface area contributed by atoms with Crippen molar-refractivity contribution in [1.82, 2.24) is 9.55 Å². The van der Waals surface area contributed by atoms with Crippen LogP contribution in [0.2, 0.25) is 0 Å². The van der Waals surface area contributed by atoms with E-state index >= 15 is 0 Å². The molecule has 0 aromatic carbocycles. The fourth-order valence-electron chi connectivity index (χ4n) is 3.63. The molecule has 3 heterocycles. The van der Waals surface area contributed by atoms with Crippen LogP contribution in [0.4, 0.5) is 15.0 Å². The third-order valence-corrected chi connectivity index (χ3v) is 5.59. The van der Waals surface area contributed by atoms with Gasteiger partial charge in [-0.1, -0.05) is 19.8 Å². The summed E-state index contributed by atoms with van der Waals surface area (Å²) in [5.41, 5.74) is -0.987. The van der Waals surface area contributed by atoms with E-state index in [-0.39, 0.29) is 6.61 Å². The van der Waals surface area contributed by atoms with Crippen LogP contribution >= 0.6 is 0 Å². The molecule has 0 saturated carbocycles. The van der Waals surface area contributed by atoms with Gasteiger partial charge in [-0.15, -0.1) is 0 Å². The number of carbonyl (C=O) groups is 1. The molecular weight excluding hydrogens is 445 g/mol. The number of nitrogens with one attached hydrogen (secondary N) is 1. The number of halogens is 1. The van der Waals surface area contributed by atoms with E-state index in [9.17, 15) is 29.3 Å². The highest BCUT2D eigenvalue weighted by molar-refractivity contribution is 5.83. The second kappa shape index (κ2) is 10.8. The average Bonchev–Trinajstić information content (AvgIpc) is 3.18. The van der Waals surface area contributed by atoms with Gasteiger partial charge in [0.2, 0.25) is 0 Å². The predicted octanol–water partition coefficient (Wildman–Crippen LogP) is 0.251. The molecule has 4 N–H and O–H groups in total. The van der Waals surface area contributed by atoms with Gasteiger partial charge in [0.15, 0.2) is 24.2 Å². The molecule has 2 fully saturated rings. The molecule has 186 valence electrons. The van der Waals surface area contributed by atoms with E-state index in [2.05, 4.69) is 10.3 Å². The minimum atomic E-state index is -1.40. The summed E-state index contributed by atoms with van der Waals surface area (Å²) in [5, 5.41) is 32.5. The normalized spacial score (nSPS) is 33.9. The van der Waals surface area contributed by atoms with E-state index < -0.39 is 72.6 Å². The van der Waals surface area contributed by atoms with Gasteiger partial charge in [0.25, 0.3) is 0 Å². The number of carbonyl (C=O) groups excluding carboxylic acids is 1. The number of aliphatic hydroxyl groups is 3. The Morgan fingerprint density at radius 2 is 1.88 bits per heavy atom. The molecule has 8 atom stereocenters. The molecule has 0 radical (unpaired) electrons. The fraction of sp³-hybridized carbons (Fsp3) is 0.750. The number of rotatable bonds is 8. The lowest BCUT2D eigenvalue weighted by molar-refractivity contribution is -0.216. The Hall–Kier alpha value is -2.16. The van der Waals surface area contributed by atoms with Crippen molar-refractivity contribution in [3.63, 3.8) is 0 Å². The first kappa shape index (κ1) is 25.5. The first-order valence-electron chi connectivity index (χ1n) is 10.9. The molecule has 0 spiro atoms. The van der Waals surface area contributed by atoms with Gasteiger partial charge in [-0.2, -0.15) is 4.98 Å². The number of nitrogens with zero attached hydrogens (tertiary/aromatic N) is 2. The molecule has 33 heavy (non-hydrogen) atoms.